The van der Waals surface area contributed by atoms with E-state index in [2.05, 4.69) is 31.1 Å². The topological polar surface area (TPSA) is 39.1 Å². The maximum Gasteiger partial charge on any atom is 0.185 e. The molecule has 2 aromatic carbocycles. The second-order valence-electron chi connectivity index (χ2n) is 6.86. The molecular formula is C20H24ClN3O. The van der Waals surface area contributed by atoms with Crippen molar-refractivity contribution in [3.63, 3.8) is 0 Å². The van der Waals surface area contributed by atoms with E-state index in [1.807, 2.05) is 55.3 Å². The highest BCUT2D eigenvalue weighted by Crippen LogP contribution is 2.49. The number of halogens is 1. The van der Waals surface area contributed by atoms with Crippen LogP contribution in [0.4, 0.5) is 11.4 Å². The molecule has 1 heterocycles. The van der Waals surface area contributed by atoms with Gasteiger partial charge in [-0.05, 0) is 42.8 Å². The Morgan fingerprint density at radius 3 is 2.44 bits per heavy atom. The Morgan fingerprint density at radius 1 is 1.16 bits per heavy atom. The molecule has 4 nitrogen and oxygen atoms in total. The fraction of sp³-hybridized carbons (Fsp3) is 0.350. The van der Waals surface area contributed by atoms with Gasteiger partial charge in [0.2, 0.25) is 0 Å². The molecular weight excluding hydrogens is 334 g/mol. The molecule has 2 aromatic rings. The van der Waals surface area contributed by atoms with Crippen LogP contribution in [-0.2, 0) is 5.41 Å². The molecule has 0 bridgehead atoms. The van der Waals surface area contributed by atoms with Crippen molar-refractivity contribution in [2.24, 2.45) is 5.10 Å². The first-order chi connectivity index (χ1) is 11.8. The molecule has 0 spiro atoms. The van der Waals surface area contributed by atoms with Crippen molar-refractivity contribution in [3.8, 4) is 0 Å². The van der Waals surface area contributed by atoms with E-state index in [1.165, 1.54) is 0 Å². The van der Waals surface area contributed by atoms with Gasteiger partial charge in [-0.3, -0.25) is 5.01 Å². The van der Waals surface area contributed by atoms with Crippen LogP contribution in [0.25, 0.3) is 0 Å². The third-order valence-electron chi connectivity index (χ3n) is 5.13. The third-order valence-corrected chi connectivity index (χ3v) is 5.38. The van der Waals surface area contributed by atoms with Crippen molar-refractivity contribution in [3.05, 3.63) is 59.1 Å². The van der Waals surface area contributed by atoms with Crippen molar-refractivity contribution in [1.29, 1.82) is 0 Å². The van der Waals surface area contributed by atoms with Gasteiger partial charge in [-0.15, -0.1) is 0 Å². The lowest BCUT2D eigenvalue weighted by Gasteiger charge is -2.40. The molecule has 5 heteroatoms. The average Bonchev–Trinajstić information content (AvgIpc) is 2.77. The number of hydrogen-bond acceptors (Lipinski definition) is 4. The van der Waals surface area contributed by atoms with Gasteiger partial charge in [0.1, 0.15) is 0 Å². The summed E-state index contributed by atoms with van der Waals surface area (Å²) in [6.45, 7) is 6.83. The van der Waals surface area contributed by atoms with Gasteiger partial charge in [-0.2, -0.15) is 5.10 Å². The molecule has 1 atom stereocenters. The zero-order valence-corrected chi connectivity index (χ0v) is 15.8. The van der Waals surface area contributed by atoms with Gasteiger partial charge >= 0.3 is 0 Å². The van der Waals surface area contributed by atoms with Crippen LogP contribution in [0, 0.1) is 0 Å². The molecule has 0 saturated heterocycles. The molecule has 0 aromatic heterocycles. The Hall–Kier alpha value is -2.04. The maximum atomic E-state index is 11.6. The van der Waals surface area contributed by atoms with Gasteiger partial charge in [-0.25, -0.2) is 0 Å². The van der Waals surface area contributed by atoms with Crippen LogP contribution in [0.2, 0.25) is 5.02 Å². The second kappa shape index (κ2) is 6.36. The molecule has 3 rings (SSSR count). The van der Waals surface area contributed by atoms with Crippen LogP contribution < -0.4 is 9.91 Å². The van der Waals surface area contributed by atoms with E-state index in [4.69, 9.17) is 11.6 Å². The van der Waals surface area contributed by atoms with Crippen LogP contribution in [0.15, 0.2) is 53.6 Å². The fourth-order valence-electron chi connectivity index (χ4n) is 3.49. The summed E-state index contributed by atoms with van der Waals surface area (Å²) in [4.78, 5) is 2.00. The van der Waals surface area contributed by atoms with E-state index in [0.29, 0.717) is 11.6 Å². The summed E-state index contributed by atoms with van der Waals surface area (Å²) in [5.74, 6) is 0. The summed E-state index contributed by atoms with van der Waals surface area (Å²) in [5, 5.41) is 18.5. The zero-order chi connectivity index (χ0) is 18.2. The lowest BCUT2D eigenvalue weighted by Crippen LogP contribution is -2.57. The number of nitrogens with zero attached hydrogens (tertiary/aromatic N) is 3. The Labute approximate surface area is 154 Å². The van der Waals surface area contributed by atoms with Crippen LogP contribution in [0.1, 0.15) is 26.3 Å². The highest BCUT2D eigenvalue weighted by molar-refractivity contribution is 6.30. The molecule has 1 unspecified atom stereocenters. The normalized spacial score (nSPS) is 21.6. The highest BCUT2D eigenvalue weighted by atomic mass is 35.5. The number of hydrogen-bond donors (Lipinski definition) is 1. The number of aliphatic hydroxyl groups is 1. The van der Waals surface area contributed by atoms with E-state index in [9.17, 15) is 5.11 Å². The fourth-order valence-corrected chi connectivity index (χ4v) is 3.62. The van der Waals surface area contributed by atoms with Crippen LogP contribution >= 0.6 is 11.6 Å². The highest BCUT2D eigenvalue weighted by Gasteiger charge is 2.54. The van der Waals surface area contributed by atoms with E-state index < -0.39 is 11.1 Å². The third kappa shape index (κ3) is 2.79. The minimum absolute atomic E-state index is 0.482. The molecule has 0 aliphatic carbocycles. The lowest BCUT2D eigenvalue weighted by atomic mass is 9.78. The first-order valence-electron chi connectivity index (χ1n) is 8.45. The largest absolute Gasteiger partial charge is 0.365 e. The summed E-state index contributed by atoms with van der Waals surface area (Å²) in [6, 6.07) is 15.6. The number of para-hydroxylation sites is 1. The number of benzene rings is 2. The average molecular weight is 358 g/mol. The Kier molecular flexibility index (Phi) is 4.52. The first-order valence-corrected chi connectivity index (χ1v) is 8.83. The SMILES string of the molecule is CCN1c2ccccc2C(C)(C)C1(O)/C=N/N(C)c1ccc(Cl)cc1. The number of anilines is 2. The molecule has 1 N–H and O–H groups in total. The Bertz CT molecular complexity index is 788. The monoisotopic (exact) mass is 357 g/mol. The predicted octanol–water partition coefficient (Wildman–Crippen LogP) is 4.27. The molecule has 0 radical (unpaired) electrons. The van der Waals surface area contributed by atoms with Gasteiger partial charge in [0.25, 0.3) is 0 Å². The number of hydrazone groups is 1. The van der Waals surface area contributed by atoms with Crippen molar-refractivity contribution in [2.45, 2.75) is 31.9 Å². The Morgan fingerprint density at radius 2 is 1.80 bits per heavy atom. The minimum atomic E-state index is -1.20. The van der Waals surface area contributed by atoms with Gasteiger partial charge in [0, 0.05) is 29.7 Å². The zero-order valence-electron chi connectivity index (χ0n) is 15.1. The van der Waals surface area contributed by atoms with E-state index in [1.54, 1.807) is 11.2 Å². The standard InChI is InChI=1S/C20H24ClN3O/c1-5-24-18-9-7-6-8-17(18)19(2,3)20(24,25)14-22-23(4)16-12-10-15(21)11-13-16/h6-14,25H,5H2,1-4H3/b22-14+. The predicted molar refractivity (Wildman–Crippen MR) is 106 cm³/mol. The number of rotatable bonds is 4. The van der Waals surface area contributed by atoms with Gasteiger partial charge in [-0.1, -0.05) is 43.6 Å². The van der Waals surface area contributed by atoms with Gasteiger partial charge in [0.15, 0.2) is 5.72 Å². The molecule has 0 amide bonds. The molecule has 1 aliphatic heterocycles. The first kappa shape index (κ1) is 17.8. The second-order valence-corrected chi connectivity index (χ2v) is 7.29. The van der Waals surface area contributed by atoms with Crippen molar-refractivity contribution in [2.75, 3.05) is 23.5 Å². The van der Waals surface area contributed by atoms with Gasteiger partial charge < -0.3 is 10.0 Å². The summed E-state index contributed by atoms with van der Waals surface area (Å²) in [6.07, 6.45) is 1.64. The molecule has 132 valence electrons. The quantitative estimate of drug-likeness (QED) is 0.656. The van der Waals surface area contributed by atoms with Crippen molar-refractivity contribution >= 4 is 29.2 Å². The summed E-state index contributed by atoms with van der Waals surface area (Å²) in [7, 11) is 1.86. The molecule has 0 saturated carbocycles. The summed E-state index contributed by atoms with van der Waals surface area (Å²) in [5.41, 5.74) is 1.40. The molecule has 1 aliphatic rings. The maximum absolute atomic E-state index is 11.6. The van der Waals surface area contributed by atoms with Crippen molar-refractivity contribution in [1.82, 2.24) is 0 Å². The molecule has 25 heavy (non-hydrogen) atoms. The van der Waals surface area contributed by atoms with Crippen molar-refractivity contribution < 1.29 is 5.11 Å². The summed E-state index contributed by atoms with van der Waals surface area (Å²) < 4.78 is 0. The Balaban J connectivity index is 1.96. The number of likely N-dealkylation sites (N-methyl/N-ethyl adjacent to an activating group) is 1. The number of fused-ring (bicyclic) bond motifs is 1. The smallest absolute Gasteiger partial charge is 0.185 e. The minimum Gasteiger partial charge on any atom is -0.365 e. The lowest BCUT2D eigenvalue weighted by molar-refractivity contribution is 0.0548. The van der Waals surface area contributed by atoms with Gasteiger partial charge in [0.05, 0.1) is 11.9 Å². The van der Waals surface area contributed by atoms with E-state index in [0.717, 1.165) is 16.9 Å². The van der Waals surface area contributed by atoms with E-state index in [-0.39, 0.29) is 0 Å². The van der Waals surface area contributed by atoms with Crippen LogP contribution in [0.5, 0.6) is 0 Å². The van der Waals surface area contributed by atoms with Crippen LogP contribution in [-0.4, -0.2) is 30.6 Å². The molecule has 0 fully saturated rings. The summed E-state index contributed by atoms with van der Waals surface area (Å²) >= 11 is 5.94. The van der Waals surface area contributed by atoms with Crippen LogP contribution in [0.3, 0.4) is 0 Å². The van der Waals surface area contributed by atoms with E-state index >= 15 is 0 Å².